The summed E-state index contributed by atoms with van der Waals surface area (Å²) in [6, 6.07) is 28.9. The van der Waals surface area contributed by atoms with Crippen molar-refractivity contribution in [2.24, 2.45) is 7.05 Å². The number of aryl methyl sites for hydroxylation is 1. The molecule has 0 saturated carbocycles. The fourth-order valence-corrected chi connectivity index (χ4v) is 4.36. The molecule has 0 unspecified atom stereocenters. The van der Waals surface area contributed by atoms with Crippen LogP contribution in [0.4, 0.5) is 4.39 Å². The van der Waals surface area contributed by atoms with Gasteiger partial charge in [0.15, 0.2) is 0 Å². The van der Waals surface area contributed by atoms with Gasteiger partial charge in [0.2, 0.25) is 5.88 Å². The van der Waals surface area contributed by atoms with Gasteiger partial charge >= 0.3 is 0 Å². The Kier molecular flexibility index (Phi) is 8.36. The smallest absolute Gasteiger partial charge is 0.222 e. The van der Waals surface area contributed by atoms with Gasteiger partial charge in [-0.2, -0.15) is 5.10 Å². The zero-order valence-corrected chi connectivity index (χ0v) is 21.6. The molecule has 0 spiro atoms. The van der Waals surface area contributed by atoms with Crippen molar-refractivity contribution in [2.45, 2.75) is 19.2 Å². The number of halogens is 1. The lowest BCUT2D eigenvalue weighted by Gasteiger charge is -2.25. The predicted octanol–water partition coefficient (Wildman–Crippen LogP) is 6.05. The van der Waals surface area contributed by atoms with Crippen LogP contribution in [0.5, 0.6) is 17.4 Å². The molecule has 5 aromatic rings. The summed E-state index contributed by atoms with van der Waals surface area (Å²) in [5.74, 6) is 2.14. The standard InChI is InChI=1S/C31H30FN3O4/c1-34-31(39-27-16-14-24(32)15-17-27)29(30(33-34)23-9-4-2-5-10-23)21-35(20-28-13-8-18-37-28)19-25(36)22-38-26-11-6-3-7-12-26/h2-18,25,36H,19-22H2,1H3/t25-/m1/s1. The second-order valence-corrected chi connectivity index (χ2v) is 9.20. The summed E-state index contributed by atoms with van der Waals surface area (Å²) in [5, 5.41) is 15.7. The third-order valence-corrected chi connectivity index (χ3v) is 6.16. The van der Waals surface area contributed by atoms with Crippen LogP contribution >= 0.6 is 0 Å². The largest absolute Gasteiger partial charge is 0.491 e. The number of furan rings is 1. The van der Waals surface area contributed by atoms with Gasteiger partial charge < -0.3 is 19.0 Å². The summed E-state index contributed by atoms with van der Waals surface area (Å²) in [7, 11) is 1.81. The number of aliphatic hydroxyl groups excluding tert-OH is 1. The van der Waals surface area contributed by atoms with Crippen molar-refractivity contribution in [3.63, 3.8) is 0 Å². The minimum Gasteiger partial charge on any atom is -0.491 e. The minimum atomic E-state index is -0.765. The van der Waals surface area contributed by atoms with Gasteiger partial charge in [0, 0.05) is 25.7 Å². The molecule has 0 aliphatic carbocycles. The molecule has 8 heteroatoms. The van der Waals surface area contributed by atoms with E-state index in [1.807, 2.05) is 79.8 Å². The van der Waals surface area contributed by atoms with Crippen molar-refractivity contribution >= 4 is 0 Å². The number of nitrogens with zero attached hydrogens (tertiary/aromatic N) is 3. The van der Waals surface area contributed by atoms with Crippen molar-refractivity contribution in [3.8, 4) is 28.6 Å². The molecular formula is C31H30FN3O4. The Labute approximate surface area is 226 Å². The monoisotopic (exact) mass is 527 g/mol. The van der Waals surface area contributed by atoms with E-state index in [1.165, 1.54) is 12.1 Å². The highest BCUT2D eigenvalue weighted by Crippen LogP contribution is 2.34. The third-order valence-electron chi connectivity index (χ3n) is 6.16. The van der Waals surface area contributed by atoms with Gasteiger partial charge in [0.25, 0.3) is 0 Å². The Morgan fingerprint density at radius 3 is 2.31 bits per heavy atom. The first-order valence-corrected chi connectivity index (χ1v) is 12.7. The fourth-order valence-electron chi connectivity index (χ4n) is 4.36. The first-order chi connectivity index (χ1) is 19.0. The molecular weight excluding hydrogens is 497 g/mol. The summed E-state index contributed by atoms with van der Waals surface area (Å²) >= 11 is 0. The van der Waals surface area contributed by atoms with Crippen molar-refractivity contribution in [3.05, 3.63) is 120 Å². The number of aromatic nitrogens is 2. The first-order valence-electron chi connectivity index (χ1n) is 12.7. The fraction of sp³-hybridized carbons (Fsp3) is 0.194. The van der Waals surface area contributed by atoms with Crippen LogP contribution in [0.1, 0.15) is 11.3 Å². The van der Waals surface area contributed by atoms with Crippen LogP contribution in [0.15, 0.2) is 108 Å². The average molecular weight is 528 g/mol. The maximum atomic E-state index is 13.5. The maximum absolute atomic E-state index is 13.5. The van der Waals surface area contributed by atoms with Crippen LogP contribution in [0, 0.1) is 5.82 Å². The van der Waals surface area contributed by atoms with E-state index in [-0.39, 0.29) is 12.4 Å². The number of hydrogen-bond acceptors (Lipinski definition) is 6. The highest BCUT2D eigenvalue weighted by molar-refractivity contribution is 5.65. The summed E-state index contributed by atoms with van der Waals surface area (Å²) < 4.78 is 32.9. The lowest BCUT2D eigenvalue weighted by Crippen LogP contribution is -2.35. The normalized spacial score (nSPS) is 12.0. The van der Waals surface area contributed by atoms with Gasteiger partial charge in [-0.1, -0.05) is 48.5 Å². The molecule has 0 fully saturated rings. The number of benzene rings is 3. The summed E-state index contributed by atoms with van der Waals surface area (Å²) in [6.07, 6.45) is 0.865. The SMILES string of the molecule is Cn1nc(-c2ccccc2)c(CN(Cc2ccco2)C[C@@H](O)COc2ccccc2)c1Oc1ccc(F)cc1. The van der Waals surface area contributed by atoms with Crippen LogP contribution in [0.25, 0.3) is 11.3 Å². The second-order valence-electron chi connectivity index (χ2n) is 9.20. The van der Waals surface area contributed by atoms with E-state index < -0.39 is 6.10 Å². The van der Waals surface area contributed by atoms with Crippen molar-refractivity contribution in [1.82, 2.24) is 14.7 Å². The molecule has 3 aromatic carbocycles. The molecule has 1 atom stereocenters. The molecule has 0 saturated heterocycles. The summed E-state index contributed by atoms with van der Waals surface area (Å²) in [5.41, 5.74) is 2.52. The molecule has 1 N–H and O–H groups in total. The molecule has 0 bridgehead atoms. The zero-order valence-electron chi connectivity index (χ0n) is 21.6. The topological polar surface area (TPSA) is 72.9 Å². The summed E-state index contributed by atoms with van der Waals surface area (Å²) in [6.45, 7) is 1.30. The Hall–Kier alpha value is -4.40. The highest BCUT2D eigenvalue weighted by atomic mass is 19.1. The van der Waals surface area contributed by atoms with Crippen molar-refractivity contribution in [2.75, 3.05) is 13.2 Å². The van der Waals surface area contributed by atoms with Gasteiger partial charge in [0.1, 0.15) is 41.5 Å². The van der Waals surface area contributed by atoms with Crippen LogP contribution in [0.2, 0.25) is 0 Å². The number of hydrogen-bond donors (Lipinski definition) is 1. The Morgan fingerprint density at radius 1 is 0.897 bits per heavy atom. The lowest BCUT2D eigenvalue weighted by molar-refractivity contribution is 0.0602. The van der Waals surface area contributed by atoms with E-state index in [4.69, 9.17) is 19.0 Å². The molecule has 5 rings (SSSR count). The first kappa shape index (κ1) is 26.2. The summed E-state index contributed by atoms with van der Waals surface area (Å²) in [4.78, 5) is 2.07. The van der Waals surface area contributed by atoms with Crippen molar-refractivity contribution < 1.29 is 23.4 Å². The van der Waals surface area contributed by atoms with E-state index in [0.29, 0.717) is 37.0 Å². The predicted molar refractivity (Wildman–Crippen MR) is 146 cm³/mol. The lowest BCUT2D eigenvalue weighted by atomic mass is 10.1. The van der Waals surface area contributed by atoms with Gasteiger partial charge in [0.05, 0.1) is 18.4 Å². The molecule has 0 aliphatic rings. The number of aliphatic hydroxyl groups is 1. The molecule has 7 nitrogen and oxygen atoms in total. The van der Waals surface area contributed by atoms with Gasteiger partial charge in [-0.3, -0.25) is 4.90 Å². The number of ether oxygens (including phenoxy) is 2. The second kappa shape index (κ2) is 12.4. The van der Waals surface area contributed by atoms with Gasteiger partial charge in [-0.25, -0.2) is 9.07 Å². The highest BCUT2D eigenvalue weighted by Gasteiger charge is 2.24. The molecule has 0 aliphatic heterocycles. The van der Waals surface area contributed by atoms with E-state index in [9.17, 15) is 9.50 Å². The Balaban J connectivity index is 1.44. The molecule has 200 valence electrons. The quantitative estimate of drug-likeness (QED) is 0.213. The van der Waals surface area contributed by atoms with E-state index in [1.54, 1.807) is 23.1 Å². The Bertz CT molecular complexity index is 1440. The Morgan fingerprint density at radius 2 is 1.62 bits per heavy atom. The molecule has 2 aromatic heterocycles. The van der Waals surface area contributed by atoms with Crippen LogP contribution < -0.4 is 9.47 Å². The molecule has 2 heterocycles. The average Bonchev–Trinajstić information content (AvgIpc) is 3.58. The van der Waals surface area contributed by atoms with E-state index in [2.05, 4.69) is 4.90 Å². The van der Waals surface area contributed by atoms with Crippen LogP contribution in [-0.2, 0) is 20.1 Å². The zero-order chi connectivity index (χ0) is 27.0. The van der Waals surface area contributed by atoms with Crippen LogP contribution in [0.3, 0.4) is 0 Å². The third kappa shape index (κ3) is 6.93. The van der Waals surface area contributed by atoms with Crippen molar-refractivity contribution in [1.29, 1.82) is 0 Å². The number of para-hydroxylation sites is 1. The maximum Gasteiger partial charge on any atom is 0.222 e. The van der Waals surface area contributed by atoms with Crippen LogP contribution in [-0.4, -0.2) is 39.0 Å². The van der Waals surface area contributed by atoms with Gasteiger partial charge in [-0.15, -0.1) is 0 Å². The van der Waals surface area contributed by atoms with E-state index >= 15 is 0 Å². The molecule has 39 heavy (non-hydrogen) atoms. The molecule has 0 radical (unpaired) electrons. The van der Waals surface area contributed by atoms with E-state index in [0.717, 1.165) is 22.6 Å². The van der Waals surface area contributed by atoms with Gasteiger partial charge in [-0.05, 0) is 48.5 Å². The minimum absolute atomic E-state index is 0.135. The molecule has 0 amide bonds. The number of rotatable bonds is 12.